The molecule has 0 N–H and O–H groups in total. The Balaban J connectivity index is 2.56. The standard InChI is InChI=1S/C21H18F6/c1-11-7-5-8-12(2)15(11)17-18(16-13(3)9-6-10-14(16)4)20(24,25)21(26,27)19(17,22)23/h5-10H,1-4H3. The van der Waals surface area contributed by atoms with Gasteiger partial charge >= 0.3 is 17.8 Å². The van der Waals surface area contributed by atoms with Crippen LogP contribution in [0.3, 0.4) is 0 Å². The Kier molecular flexibility index (Phi) is 4.25. The van der Waals surface area contributed by atoms with Gasteiger partial charge in [-0.2, -0.15) is 26.3 Å². The molecule has 0 heterocycles. The zero-order valence-corrected chi connectivity index (χ0v) is 15.2. The van der Waals surface area contributed by atoms with E-state index < -0.39 is 28.9 Å². The second-order valence-corrected chi connectivity index (χ2v) is 7.01. The predicted molar refractivity (Wildman–Crippen MR) is 93.5 cm³/mol. The second-order valence-electron chi connectivity index (χ2n) is 7.01. The molecule has 2 aromatic rings. The summed E-state index contributed by atoms with van der Waals surface area (Å²) in [7, 11) is 0. The highest BCUT2D eigenvalue weighted by molar-refractivity contribution is 6.03. The van der Waals surface area contributed by atoms with Crippen LogP contribution in [0, 0.1) is 27.7 Å². The van der Waals surface area contributed by atoms with Gasteiger partial charge in [-0.3, -0.25) is 0 Å². The minimum absolute atomic E-state index is 0.238. The quantitative estimate of drug-likeness (QED) is 0.503. The Bertz CT molecular complexity index is 837. The van der Waals surface area contributed by atoms with Gasteiger partial charge in [0.05, 0.1) is 0 Å². The number of benzene rings is 2. The molecule has 0 aliphatic heterocycles. The van der Waals surface area contributed by atoms with Gasteiger partial charge in [-0.15, -0.1) is 0 Å². The maximum atomic E-state index is 14.8. The van der Waals surface area contributed by atoms with E-state index in [1.807, 2.05) is 0 Å². The SMILES string of the molecule is Cc1cccc(C)c1C1=C(c2c(C)cccc2C)C(F)(F)C(F)(F)C1(F)F. The van der Waals surface area contributed by atoms with Gasteiger partial charge in [-0.05, 0) is 61.1 Å². The molecule has 2 aromatic carbocycles. The Labute approximate surface area is 153 Å². The molecule has 0 nitrogen and oxygen atoms in total. The minimum Gasteiger partial charge on any atom is -0.194 e. The van der Waals surface area contributed by atoms with E-state index >= 15 is 0 Å². The number of allylic oxidation sites excluding steroid dienone is 2. The van der Waals surface area contributed by atoms with E-state index in [0.717, 1.165) is 0 Å². The highest BCUT2D eigenvalue weighted by Gasteiger charge is 2.80. The monoisotopic (exact) mass is 384 g/mol. The van der Waals surface area contributed by atoms with Crippen molar-refractivity contribution in [2.45, 2.75) is 45.5 Å². The molecule has 0 radical (unpaired) electrons. The molecule has 0 fully saturated rings. The van der Waals surface area contributed by atoms with Crippen LogP contribution >= 0.6 is 0 Å². The van der Waals surface area contributed by atoms with Crippen LogP contribution in [0.2, 0.25) is 0 Å². The Morgan fingerprint density at radius 1 is 0.519 bits per heavy atom. The number of rotatable bonds is 2. The number of halogens is 6. The fourth-order valence-corrected chi connectivity index (χ4v) is 3.81. The van der Waals surface area contributed by atoms with Crippen LogP contribution in [0.15, 0.2) is 36.4 Å². The minimum atomic E-state index is -5.53. The van der Waals surface area contributed by atoms with E-state index in [4.69, 9.17) is 0 Å². The van der Waals surface area contributed by atoms with Gasteiger partial charge in [0.15, 0.2) is 0 Å². The van der Waals surface area contributed by atoms with Crippen LogP contribution in [-0.2, 0) is 0 Å². The molecule has 0 atom stereocenters. The van der Waals surface area contributed by atoms with Crippen molar-refractivity contribution in [3.63, 3.8) is 0 Å². The summed E-state index contributed by atoms with van der Waals surface area (Å²) in [6.07, 6.45) is 0. The molecule has 1 aliphatic rings. The fourth-order valence-electron chi connectivity index (χ4n) is 3.81. The molecule has 0 aromatic heterocycles. The molecular formula is C21H18F6. The van der Waals surface area contributed by atoms with E-state index in [1.165, 1.54) is 52.0 Å². The van der Waals surface area contributed by atoms with Crippen molar-refractivity contribution in [3.8, 4) is 0 Å². The Morgan fingerprint density at radius 3 is 1.04 bits per heavy atom. The van der Waals surface area contributed by atoms with E-state index in [2.05, 4.69) is 0 Å². The Morgan fingerprint density at radius 2 is 0.778 bits per heavy atom. The molecule has 0 saturated heterocycles. The maximum Gasteiger partial charge on any atom is 0.380 e. The average molecular weight is 384 g/mol. The second kappa shape index (κ2) is 5.88. The summed E-state index contributed by atoms with van der Waals surface area (Å²) in [6, 6.07) is 8.92. The van der Waals surface area contributed by atoms with Crippen molar-refractivity contribution in [1.29, 1.82) is 0 Å². The van der Waals surface area contributed by atoms with Crippen molar-refractivity contribution in [2.24, 2.45) is 0 Å². The first-order valence-corrected chi connectivity index (χ1v) is 8.37. The normalized spacial score (nSPS) is 20.2. The molecule has 144 valence electrons. The van der Waals surface area contributed by atoms with E-state index in [1.54, 1.807) is 12.1 Å². The lowest BCUT2D eigenvalue weighted by atomic mass is 9.86. The Hall–Kier alpha value is -2.24. The molecule has 6 heteroatoms. The van der Waals surface area contributed by atoms with Gasteiger partial charge < -0.3 is 0 Å². The first kappa shape index (κ1) is 19.5. The third-order valence-electron chi connectivity index (χ3n) is 5.13. The third-order valence-corrected chi connectivity index (χ3v) is 5.13. The third kappa shape index (κ3) is 2.45. The average Bonchev–Trinajstić information content (AvgIpc) is 2.64. The van der Waals surface area contributed by atoms with Gasteiger partial charge in [0.25, 0.3) is 0 Å². The van der Waals surface area contributed by atoms with Gasteiger partial charge in [-0.1, -0.05) is 36.4 Å². The number of hydrogen-bond donors (Lipinski definition) is 0. The lowest BCUT2D eigenvalue weighted by Crippen LogP contribution is -2.49. The number of hydrogen-bond acceptors (Lipinski definition) is 0. The summed E-state index contributed by atoms with van der Waals surface area (Å²) in [6.45, 7) is 5.79. The van der Waals surface area contributed by atoms with Crippen molar-refractivity contribution < 1.29 is 26.3 Å². The van der Waals surface area contributed by atoms with Crippen LogP contribution in [0.5, 0.6) is 0 Å². The number of alkyl halides is 6. The summed E-state index contributed by atoms with van der Waals surface area (Å²) in [4.78, 5) is 0. The topological polar surface area (TPSA) is 0 Å². The summed E-state index contributed by atoms with van der Waals surface area (Å²) < 4.78 is 88.1. The molecular weight excluding hydrogens is 366 g/mol. The lowest BCUT2D eigenvalue weighted by Gasteiger charge is -2.26. The van der Waals surface area contributed by atoms with Gasteiger partial charge in [-0.25, -0.2) is 0 Å². The van der Waals surface area contributed by atoms with Crippen LogP contribution in [0.1, 0.15) is 33.4 Å². The van der Waals surface area contributed by atoms with Crippen LogP contribution in [0.4, 0.5) is 26.3 Å². The maximum absolute atomic E-state index is 14.8. The van der Waals surface area contributed by atoms with E-state index in [9.17, 15) is 26.3 Å². The van der Waals surface area contributed by atoms with E-state index in [-0.39, 0.29) is 33.4 Å². The van der Waals surface area contributed by atoms with Crippen molar-refractivity contribution in [1.82, 2.24) is 0 Å². The first-order valence-electron chi connectivity index (χ1n) is 8.37. The summed E-state index contributed by atoms with van der Waals surface area (Å²) in [5, 5.41) is 0. The van der Waals surface area contributed by atoms with Crippen molar-refractivity contribution >= 4 is 11.1 Å². The van der Waals surface area contributed by atoms with Crippen molar-refractivity contribution in [3.05, 3.63) is 69.8 Å². The van der Waals surface area contributed by atoms with Crippen LogP contribution in [0.25, 0.3) is 11.1 Å². The van der Waals surface area contributed by atoms with Crippen LogP contribution in [-0.4, -0.2) is 17.8 Å². The fraction of sp³-hybridized carbons (Fsp3) is 0.333. The predicted octanol–water partition coefficient (Wildman–Crippen LogP) is 6.75. The van der Waals surface area contributed by atoms with Gasteiger partial charge in [0.1, 0.15) is 0 Å². The highest BCUT2D eigenvalue weighted by Crippen LogP contribution is 2.65. The van der Waals surface area contributed by atoms with Gasteiger partial charge in [0, 0.05) is 11.1 Å². The summed E-state index contributed by atoms with van der Waals surface area (Å²) >= 11 is 0. The van der Waals surface area contributed by atoms with Gasteiger partial charge in [0.2, 0.25) is 0 Å². The van der Waals surface area contributed by atoms with Crippen molar-refractivity contribution in [2.75, 3.05) is 0 Å². The molecule has 0 amide bonds. The molecule has 0 spiro atoms. The molecule has 1 aliphatic carbocycles. The summed E-state index contributed by atoms with van der Waals surface area (Å²) in [5.41, 5.74) is -2.13. The largest absolute Gasteiger partial charge is 0.380 e. The molecule has 0 saturated carbocycles. The molecule has 0 bridgehead atoms. The summed E-state index contributed by atoms with van der Waals surface area (Å²) in [5.74, 6) is -15.6. The number of aryl methyl sites for hydroxylation is 4. The molecule has 0 unspecified atom stereocenters. The van der Waals surface area contributed by atoms with Crippen LogP contribution < -0.4 is 0 Å². The first-order chi connectivity index (χ1) is 12.4. The highest BCUT2D eigenvalue weighted by atomic mass is 19.3. The smallest absolute Gasteiger partial charge is 0.194 e. The van der Waals surface area contributed by atoms with E-state index in [0.29, 0.717) is 0 Å². The molecule has 3 rings (SSSR count). The zero-order chi connectivity index (χ0) is 20.4. The lowest BCUT2D eigenvalue weighted by molar-refractivity contribution is -0.254. The molecule has 27 heavy (non-hydrogen) atoms. The zero-order valence-electron chi connectivity index (χ0n) is 15.2.